The zero-order valence-corrected chi connectivity index (χ0v) is 13.9. The minimum absolute atomic E-state index is 0.0149. The van der Waals surface area contributed by atoms with Crippen molar-refractivity contribution < 1.29 is 35.5 Å². The first-order chi connectivity index (χ1) is 11.4. The Morgan fingerprint density at radius 2 is 1.48 bits per heavy atom. The fraction of sp³-hybridized carbons (Fsp3) is 0.143. The number of rotatable bonds is 2. The average Bonchev–Trinajstić information content (AvgIpc) is 2.50. The first-order valence-corrected chi connectivity index (χ1v) is 9.68. The SMILES string of the molecule is NC1(S(=O)(=O)O)C2=C(C=CC1S(=O)(=O)O)C(=O)c1ccccc1C2=O. The third-order valence-corrected chi connectivity index (χ3v) is 6.79. The molecule has 0 aromatic heterocycles. The molecule has 0 heterocycles. The maximum absolute atomic E-state index is 12.8. The van der Waals surface area contributed by atoms with Crippen LogP contribution in [0, 0.1) is 0 Å². The molecule has 0 radical (unpaired) electrons. The molecule has 1 aromatic rings. The van der Waals surface area contributed by atoms with Gasteiger partial charge in [-0.25, -0.2) is 0 Å². The largest absolute Gasteiger partial charge is 0.305 e. The van der Waals surface area contributed by atoms with E-state index >= 15 is 0 Å². The van der Waals surface area contributed by atoms with Crippen LogP contribution >= 0.6 is 0 Å². The average molecular weight is 385 g/mol. The number of hydrogen-bond acceptors (Lipinski definition) is 7. The van der Waals surface area contributed by atoms with Crippen LogP contribution in [0.3, 0.4) is 0 Å². The second-order valence-electron chi connectivity index (χ2n) is 5.56. The Morgan fingerprint density at radius 3 is 1.96 bits per heavy atom. The van der Waals surface area contributed by atoms with Gasteiger partial charge in [0.05, 0.1) is 5.57 Å². The van der Waals surface area contributed by atoms with Crippen molar-refractivity contribution in [2.75, 3.05) is 0 Å². The van der Waals surface area contributed by atoms with Gasteiger partial charge in [0.15, 0.2) is 16.4 Å². The molecule has 0 aliphatic heterocycles. The molecule has 0 bridgehead atoms. The summed E-state index contributed by atoms with van der Waals surface area (Å²) >= 11 is 0. The third kappa shape index (κ3) is 2.32. The zero-order chi connectivity index (χ0) is 18.8. The van der Waals surface area contributed by atoms with Crippen molar-refractivity contribution in [1.29, 1.82) is 0 Å². The van der Waals surface area contributed by atoms with E-state index in [2.05, 4.69) is 0 Å². The summed E-state index contributed by atoms with van der Waals surface area (Å²) in [6.45, 7) is 0. The molecule has 9 nitrogen and oxygen atoms in total. The standard InChI is InChI=1S/C14H11NO8S2/c15-14(25(21,22)23)10(24(18,19)20)6-5-9-11(14)13(17)8-4-2-1-3-7(8)12(9)16/h1-6,10H,15H2,(H,18,19,20)(H,21,22,23). The number of fused-ring (bicyclic) bond motifs is 1. The van der Waals surface area contributed by atoms with Crippen molar-refractivity contribution in [1.82, 2.24) is 0 Å². The molecule has 0 saturated carbocycles. The highest BCUT2D eigenvalue weighted by molar-refractivity contribution is 7.91. The van der Waals surface area contributed by atoms with E-state index in [4.69, 9.17) is 5.73 Å². The number of nitrogens with two attached hydrogens (primary N) is 1. The lowest BCUT2D eigenvalue weighted by Crippen LogP contribution is -2.63. The fourth-order valence-electron chi connectivity index (χ4n) is 3.01. The smallest absolute Gasteiger partial charge is 0.290 e. The van der Waals surface area contributed by atoms with Gasteiger partial charge < -0.3 is 5.73 Å². The lowest BCUT2D eigenvalue weighted by atomic mass is 9.77. The minimum atomic E-state index is -5.43. The minimum Gasteiger partial charge on any atom is -0.305 e. The predicted octanol–water partition coefficient (Wildman–Crippen LogP) is -0.269. The van der Waals surface area contributed by atoms with Crippen LogP contribution in [0.25, 0.3) is 0 Å². The molecule has 2 aliphatic carbocycles. The Balaban J connectivity index is 2.41. The maximum atomic E-state index is 12.8. The molecule has 3 rings (SSSR count). The van der Waals surface area contributed by atoms with Gasteiger partial charge in [-0.15, -0.1) is 0 Å². The van der Waals surface area contributed by atoms with Crippen molar-refractivity contribution in [3.63, 3.8) is 0 Å². The number of allylic oxidation sites excluding steroid dienone is 2. The first-order valence-electron chi connectivity index (χ1n) is 6.74. The van der Waals surface area contributed by atoms with Crippen LogP contribution in [0.1, 0.15) is 20.7 Å². The van der Waals surface area contributed by atoms with Gasteiger partial charge in [-0.05, 0) is 0 Å². The summed E-state index contributed by atoms with van der Waals surface area (Å²) in [6, 6.07) is 5.49. The number of carbonyl (C=O) groups excluding carboxylic acids is 2. The van der Waals surface area contributed by atoms with E-state index in [-0.39, 0.29) is 11.1 Å². The molecule has 0 spiro atoms. The molecule has 0 amide bonds. The summed E-state index contributed by atoms with van der Waals surface area (Å²) in [5, 5.41) is -2.37. The summed E-state index contributed by atoms with van der Waals surface area (Å²) < 4.78 is 65.9. The second-order valence-corrected chi connectivity index (χ2v) is 8.72. The normalized spacial score (nSPS) is 26.4. The summed E-state index contributed by atoms with van der Waals surface area (Å²) in [7, 11) is -10.6. The van der Waals surface area contributed by atoms with Gasteiger partial charge in [-0.1, -0.05) is 36.4 Å². The molecule has 132 valence electrons. The molecule has 0 fully saturated rings. The van der Waals surface area contributed by atoms with Gasteiger partial charge in [0.25, 0.3) is 20.2 Å². The Morgan fingerprint density at radius 1 is 0.960 bits per heavy atom. The summed E-state index contributed by atoms with van der Waals surface area (Å²) in [5.41, 5.74) is 4.12. The molecule has 25 heavy (non-hydrogen) atoms. The molecule has 2 aliphatic rings. The van der Waals surface area contributed by atoms with E-state index in [1.165, 1.54) is 24.3 Å². The molecule has 2 unspecified atom stereocenters. The zero-order valence-electron chi connectivity index (χ0n) is 12.3. The number of carbonyl (C=O) groups is 2. The number of ketones is 2. The summed E-state index contributed by atoms with van der Waals surface area (Å²) in [6.07, 6.45) is 1.56. The van der Waals surface area contributed by atoms with Crippen molar-refractivity contribution in [3.05, 3.63) is 58.7 Å². The molecule has 2 atom stereocenters. The van der Waals surface area contributed by atoms with Crippen LogP contribution in [0.15, 0.2) is 47.6 Å². The van der Waals surface area contributed by atoms with E-state index in [1.54, 1.807) is 0 Å². The van der Waals surface area contributed by atoms with Gasteiger partial charge in [0.2, 0.25) is 0 Å². The van der Waals surface area contributed by atoms with Gasteiger partial charge in [0, 0.05) is 16.7 Å². The summed E-state index contributed by atoms with van der Waals surface area (Å²) in [4.78, 5) is 22.1. The quantitative estimate of drug-likeness (QED) is 0.580. The Hall–Kier alpha value is -2.18. The van der Waals surface area contributed by atoms with E-state index in [0.717, 1.165) is 6.08 Å². The Kier molecular flexibility index (Phi) is 3.64. The van der Waals surface area contributed by atoms with Crippen LogP contribution in [0.4, 0.5) is 0 Å². The van der Waals surface area contributed by atoms with Gasteiger partial charge in [-0.2, -0.15) is 16.8 Å². The van der Waals surface area contributed by atoms with Crippen molar-refractivity contribution in [3.8, 4) is 0 Å². The van der Waals surface area contributed by atoms with Crippen molar-refractivity contribution in [2.24, 2.45) is 5.73 Å². The van der Waals surface area contributed by atoms with Gasteiger partial charge in [0.1, 0.15) is 5.25 Å². The number of Topliss-reactive ketones (excluding diaryl/α,β-unsaturated/α-hetero) is 2. The maximum Gasteiger partial charge on any atom is 0.290 e. The first kappa shape index (κ1) is 17.6. The monoisotopic (exact) mass is 385 g/mol. The third-order valence-electron chi connectivity index (χ3n) is 4.16. The Labute approximate surface area is 142 Å². The number of hydrogen-bond donors (Lipinski definition) is 3. The van der Waals surface area contributed by atoms with Gasteiger partial charge in [-0.3, -0.25) is 18.7 Å². The summed E-state index contributed by atoms with van der Waals surface area (Å²) in [5.74, 6) is -1.78. The van der Waals surface area contributed by atoms with Crippen LogP contribution in [-0.4, -0.2) is 47.6 Å². The van der Waals surface area contributed by atoms with Crippen molar-refractivity contribution in [2.45, 2.75) is 10.1 Å². The van der Waals surface area contributed by atoms with Crippen LogP contribution in [0.5, 0.6) is 0 Å². The van der Waals surface area contributed by atoms with Crippen LogP contribution in [-0.2, 0) is 20.2 Å². The lowest BCUT2D eigenvalue weighted by molar-refractivity contribution is 0.0968. The lowest BCUT2D eigenvalue weighted by Gasteiger charge is -2.37. The topological polar surface area (TPSA) is 169 Å². The highest BCUT2D eigenvalue weighted by Crippen LogP contribution is 2.41. The molecule has 0 saturated heterocycles. The van der Waals surface area contributed by atoms with E-state index in [0.29, 0.717) is 6.08 Å². The molecule has 1 aromatic carbocycles. The van der Waals surface area contributed by atoms with Crippen LogP contribution < -0.4 is 5.73 Å². The van der Waals surface area contributed by atoms with E-state index in [1.807, 2.05) is 0 Å². The second kappa shape index (κ2) is 5.16. The highest BCUT2D eigenvalue weighted by Gasteiger charge is 2.59. The van der Waals surface area contributed by atoms with Gasteiger partial charge >= 0.3 is 0 Å². The Bertz CT molecular complexity index is 1100. The molecular weight excluding hydrogens is 374 g/mol. The fourth-order valence-corrected chi connectivity index (χ4v) is 5.41. The van der Waals surface area contributed by atoms with Crippen molar-refractivity contribution >= 4 is 31.8 Å². The molecule has 11 heteroatoms. The predicted molar refractivity (Wildman–Crippen MR) is 85.1 cm³/mol. The highest BCUT2D eigenvalue weighted by atomic mass is 32.2. The number of benzene rings is 1. The molecular formula is C14H11NO8S2. The van der Waals surface area contributed by atoms with Crippen LogP contribution in [0.2, 0.25) is 0 Å². The molecule has 4 N–H and O–H groups in total. The van der Waals surface area contributed by atoms with E-state index < -0.39 is 53.1 Å². The van der Waals surface area contributed by atoms with E-state index in [9.17, 15) is 35.5 Å².